The van der Waals surface area contributed by atoms with Crippen molar-refractivity contribution in [1.82, 2.24) is 10.1 Å². The van der Waals surface area contributed by atoms with Gasteiger partial charge in [0.2, 0.25) is 6.10 Å². The Balaban J connectivity index is 1.86. The molecule has 132 valence electrons. The summed E-state index contributed by atoms with van der Waals surface area (Å²) < 4.78 is 10.7. The summed E-state index contributed by atoms with van der Waals surface area (Å²) in [6.07, 6.45) is 2.12. The molecule has 0 saturated carbocycles. The SMILES string of the molecule is Cc1noc(C)c1C(=O)O[C@H](C(=O)N1CCCCC1)c1ccccc1. The van der Waals surface area contributed by atoms with Gasteiger partial charge < -0.3 is 14.2 Å². The van der Waals surface area contributed by atoms with Crippen LogP contribution < -0.4 is 0 Å². The fourth-order valence-corrected chi connectivity index (χ4v) is 3.11. The van der Waals surface area contributed by atoms with Gasteiger partial charge in [0.25, 0.3) is 5.91 Å². The Morgan fingerprint density at radius 2 is 1.80 bits per heavy atom. The molecule has 0 unspecified atom stereocenters. The molecule has 3 rings (SSSR count). The molecule has 1 atom stereocenters. The average Bonchev–Trinajstić information content (AvgIpc) is 2.99. The van der Waals surface area contributed by atoms with Crippen molar-refractivity contribution in [3.63, 3.8) is 0 Å². The molecular weight excluding hydrogens is 320 g/mol. The van der Waals surface area contributed by atoms with Crippen molar-refractivity contribution in [2.24, 2.45) is 0 Å². The van der Waals surface area contributed by atoms with Crippen LogP contribution >= 0.6 is 0 Å². The molecule has 2 aromatic rings. The van der Waals surface area contributed by atoms with Crippen molar-refractivity contribution in [3.05, 3.63) is 52.9 Å². The smallest absolute Gasteiger partial charge is 0.344 e. The number of hydrogen-bond acceptors (Lipinski definition) is 5. The lowest BCUT2D eigenvalue weighted by molar-refractivity contribution is -0.142. The molecule has 0 N–H and O–H groups in total. The summed E-state index contributed by atoms with van der Waals surface area (Å²) in [5, 5.41) is 3.78. The number of carbonyl (C=O) groups is 2. The van der Waals surface area contributed by atoms with Gasteiger partial charge in [0.15, 0.2) is 0 Å². The van der Waals surface area contributed by atoms with Crippen LogP contribution in [-0.2, 0) is 9.53 Å². The zero-order chi connectivity index (χ0) is 17.8. The molecule has 0 spiro atoms. The molecule has 6 heteroatoms. The predicted octanol–water partition coefficient (Wildman–Crippen LogP) is 3.20. The fraction of sp³-hybridized carbons (Fsp3) is 0.421. The molecule has 6 nitrogen and oxygen atoms in total. The van der Waals surface area contributed by atoms with Gasteiger partial charge in [-0.15, -0.1) is 0 Å². The molecule has 1 saturated heterocycles. The number of nitrogens with zero attached hydrogens (tertiary/aromatic N) is 2. The Bertz CT molecular complexity index is 729. The van der Waals surface area contributed by atoms with Crippen LogP contribution in [-0.4, -0.2) is 35.0 Å². The second-order valence-electron chi connectivity index (χ2n) is 6.28. The van der Waals surface area contributed by atoms with E-state index in [-0.39, 0.29) is 11.5 Å². The fourth-order valence-electron chi connectivity index (χ4n) is 3.11. The van der Waals surface area contributed by atoms with Gasteiger partial charge in [-0.25, -0.2) is 4.79 Å². The lowest BCUT2D eigenvalue weighted by Gasteiger charge is -2.30. The standard InChI is InChI=1S/C19H22N2O4/c1-13-16(14(2)25-20-13)19(23)24-17(15-9-5-3-6-10-15)18(22)21-11-7-4-8-12-21/h3,5-6,9-10,17H,4,7-8,11-12H2,1-2H3/t17-/m0/s1. The van der Waals surface area contributed by atoms with Gasteiger partial charge >= 0.3 is 5.97 Å². The van der Waals surface area contributed by atoms with Crippen LogP contribution in [0.15, 0.2) is 34.9 Å². The quantitative estimate of drug-likeness (QED) is 0.798. The van der Waals surface area contributed by atoms with E-state index in [1.165, 1.54) is 0 Å². The van der Waals surface area contributed by atoms with Gasteiger partial charge in [-0.1, -0.05) is 35.5 Å². The van der Waals surface area contributed by atoms with Gasteiger partial charge in [0.1, 0.15) is 11.3 Å². The topological polar surface area (TPSA) is 72.6 Å². The van der Waals surface area contributed by atoms with Crippen molar-refractivity contribution in [1.29, 1.82) is 0 Å². The Morgan fingerprint density at radius 3 is 2.40 bits per heavy atom. The summed E-state index contributed by atoms with van der Waals surface area (Å²) in [5.41, 5.74) is 1.41. The summed E-state index contributed by atoms with van der Waals surface area (Å²) in [7, 11) is 0. The van der Waals surface area contributed by atoms with Gasteiger partial charge in [-0.05, 0) is 33.1 Å². The first-order valence-corrected chi connectivity index (χ1v) is 8.55. The highest BCUT2D eigenvalue weighted by molar-refractivity contribution is 5.94. The van der Waals surface area contributed by atoms with E-state index in [0.29, 0.717) is 30.1 Å². The van der Waals surface area contributed by atoms with Crippen molar-refractivity contribution in [2.75, 3.05) is 13.1 Å². The normalized spacial score (nSPS) is 15.7. The minimum absolute atomic E-state index is 0.175. The zero-order valence-corrected chi connectivity index (χ0v) is 14.5. The lowest BCUT2D eigenvalue weighted by Crippen LogP contribution is -2.40. The molecule has 25 heavy (non-hydrogen) atoms. The molecule has 1 aliphatic rings. The number of likely N-dealkylation sites (tertiary alicyclic amines) is 1. The number of hydrogen-bond donors (Lipinski definition) is 0. The monoisotopic (exact) mass is 342 g/mol. The molecular formula is C19H22N2O4. The minimum atomic E-state index is -0.958. The van der Waals surface area contributed by atoms with Gasteiger partial charge in [0, 0.05) is 18.7 Å². The van der Waals surface area contributed by atoms with E-state index < -0.39 is 12.1 Å². The maximum Gasteiger partial charge on any atom is 0.344 e. The number of aryl methyl sites for hydroxylation is 2. The lowest BCUT2D eigenvalue weighted by atomic mass is 10.1. The summed E-state index contributed by atoms with van der Waals surface area (Å²) in [6, 6.07) is 9.12. The minimum Gasteiger partial charge on any atom is -0.444 e. The Morgan fingerprint density at radius 1 is 1.12 bits per heavy atom. The molecule has 1 aromatic carbocycles. The molecule has 1 amide bonds. The first kappa shape index (κ1) is 17.2. The number of esters is 1. The van der Waals surface area contributed by atoms with Crippen LogP contribution in [0.4, 0.5) is 0 Å². The zero-order valence-electron chi connectivity index (χ0n) is 14.5. The van der Waals surface area contributed by atoms with E-state index in [1.807, 2.05) is 18.2 Å². The summed E-state index contributed by atoms with van der Waals surface area (Å²) in [5.74, 6) is -0.374. The Labute approximate surface area is 146 Å². The second kappa shape index (κ2) is 7.51. The maximum absolute atomic E-state index is 13.0. The summed E-state index contributed by atoms with van der Waals surface area (Å²) >= 11 is 0. The number of carbonyl (C=O) groups excluding carboxylic acids is 2. The van der Waals surface area contributed by atoms with Gasteiger partial charge in [0.05, 0.1) is 5.69 Å². The number of ether oxygens (including phenoxy) is 1. The van der Waals surface area contributed by atoms with Crippen molar-refractivity contribution < 1.29 is 18.8 Å². The van der Waals surface area contributed by atoms with Gasteiger partial charge in [-0.3, -0.25) is 4.79 Å². The molecule has 1 aromatic heterocycles. The summed E-state index contributed by atoms with van der Waals surface area (Å²) in [6.45, 7) is 4.73. The third kappa shape index (κ3) is 3.73. The van der Waals surface area contributed by atoms with Crippen LogP contribution in [0.2, 0.25) is 0 Å². The van der Waals surface area contributed by atoms with E-state index in [9.17, 15) is 9.59 Å². The van der Waals surface area contributed by atoms with Crippen LogP contribution in [0.1, 0.15) is 52.7 Å². The van der Waals surface area contributed by atoms with E-state index in [4.69, 9.17) is 9.26 Å². The third-order valence-electron chi connectivity index (χ3n) is 4.46. The average molecular weight is 342 g/mol. The van der Waals surface area contributed by atoms with Crippen molar-refractivity contribution in [3.8, 4) is 0 Å². The van der Waals surface area contributed by atoms with Crippen molar-refractivity contribution in [2.45, 2.75) is 39.2 Å². The van der Waals surface area contributed by atoms with E-state index >= 15 is 0 Å². The molecule has 1 aliphatic heterocycles. The molecule has 2 heterocycles. The number of rotatable bonds is 4. The molecule has 1 fully saturated rings. The Kier molecular flexibility index (Phi) is 5.16. The number of benzene rings is 1. The van der Waals surface area contributed by atoms with Crippen molar-refractivity contribution >= 4 is 11.9 Å². The highest BCUT2D eigenvalue weighted by atomic mass is 16.6. The highest BCUT2D eigenvalue weighted by Gasteiger charge is 2.32. The number of aromatic nitrogens is 1. The van der Waals surface area contributed by atoms with E-state index in [1.54, 1.807) is 30.9 Å². The number of amides is 1. The van der Waals surface area contributed by atoms with Crippen LogP contribution in [0, 0.1) is 13.8 Å². The number of piperidine rings is 1. The third-order valence-corrected chi connectivity index (χ3v) is 4.46. The van der Waals surface area contributed by atoms with Crippen LogP contribution in [0.25, 0.3) is 0 Å². The Hall–Kier alpha value is -2.63. The molecule has 0 bridgehead atoms. The van der Waals surface area contributed by atoms with Crippen LogP contribution in [0.5, 0.6) is 0 Å². The van der Waals surface area contributed by atoms with Crippen LogP contribution in [0.3, 0.4) is 0 Å². The van der Waals surface area contributed by atoms with Gasteiger partial charge in [-0.2, -0.15) is 0 Å². The first-order valence-electron chi connectivity index (χ1n) is 8.55. The van der Waals surface area contributed by atoms with E-state index in [2.05, 4.69) is 5.16 Å². The summed E-state index contributed by atoms with van der Waals surface area (Å²) in [4.78, 5) is 27.4. The highest BCUT2D eigenvalue weighted by Crippen LogP contribution is 2.25. The largest absolute Gasteiger partial charge is 0.444 e. The molecule has 0 aliphatic carbocycles. The second-order valence-corrected chi connectivity index (χ2v) is 6.28. The molecule has 0 radical (unpaired) electrons. The predicted molar refractivity (Wildman–Crippen MR) is 91.0 cm³/mol. The maximum atomic E-state index is 13.0. The first-order chi connectivity index (χ1) is 12.1. The van der Waals surface area contributed by atoms with E-state index in [0.717, 1.165) is 19.3 Å².